The second-order valence-corrected chi connectivity index (χ2v) is 4.80. The van der Waals surface area contributed by atoms with E-state index in [9.17, 15) is 10.1 Å². The Bertz CT molecular complexity index is 359. The van der Waals surface area contributed by atoms with Crippen LogP contribution in [0.1, 0.15) is 27.2 Å². The van der Waals surface area contributed by atoms with Gasteiger partial charge in [0.05, 0.1) is 11.5 Å². The van der Waals surface area contributed by atoms with Gasteiger partial charge in [0.1, 0.15) is 5.75 Å². The van der Waals surface area contributed by atoms with Gasteiger partial charge < -0.3 is 4.74 Å². The Hall–Kier alpha value is -1.58. The number of hydrogen-bond acceptors (Lipinski definition) is 3. The zero-order chi connectivity index (χ0) is 12.8. The second-order valence-electron chi connectivity index (χ2n) is 4.80. The van der Waals surface area contributed by atoms with Crippen LogP contribution >= 0.6 is 0 Å². The number of nitro benzene ring substituents is 1. The Morgan fingerprint density at radius 3 is 2.29 bits per heavy atom. The zero-order valence-electron chi connectivity index (χ0n) is 10.6. The molecule has 0 spiro atoms. The van der Waals surface area contributed by atoms with Gasteiger partial charge in [-0.15, -0.1) is 0 Å². The van der Waals surface area contributed by atoms with Gasteiger partial charge in [0, 0.05) is 12.1 Å². The van der Waals surface area contributed by atoms with E-state index in [4.69, 9.17) is 4.74 Å². The minimum atomic E-state index is -0.412. The molecule has 0 aromatic heterocycles. The van der Waals surface area contributed by atoms with Crippen molar-refractivity contribution >= 4 is 5.69 Å². The molecule has 1 aromatic rings. The smallest absolute Gasteiger partial charge is 0.269 e. The van der Waals surface area contributed by atoms with Crippen LogP contribution in [0.2, 0.25) is 0 Å². The number of nitro groups is 1. The number of non-ortho nitro benzene ring substituents is 1. The van der Waals surface area contributed by atoms with Crippen molar-refractivity contribution in [2.45, 2.75) is 27.2 Å². The van der Waals surface area contributed by atoms with Gasteiger partial charge in [0.2, 0.25) is 0 Å². The van der Waals surface area contributed by atoms with E-state index in [1.165, 1.54) is 12.1 Å². The molecule has 17 heavy (non-hydrogen) atoms. The van der Waals surface area contributed by atoms with Crippen molar-refractivity contribution < 1.29 is 9.66 Å². The zero-order valence-corrected chi connectivity index (χ0v) is 10.6. The summed E-state index contributed by atoms with van der Waals surface area (Å²) in [5.41, 5.74) is 0.0904. The molecule has 0 saturated carbocycles. The number of nitrogens with zero attached hydrogens (tertiary/aromatic N) is 1. The maximum atomic E-state index is 10.5. The van der Waals surface area contributed by atoms with E-state index in [2.05, 4.69) is 20.8 Å². The Morgan fingerprint density at radius 1 is 1.24 bits per heavy atom. The number of ether oxygens (including phenoxy) is 1. The quantitative estimate of drug-likeness (QED) is 0.560. The highest BCUT2D eigenvalue weighted by Gasteiger charge is 2.07. The van der Waals surface area contributed by atoms with Gasteiger partial charge in [-0.2, -0.15) is 0 Å². The lowest BCUT2D eigenvalue weighted by Crippen LogP contribution is -2.10. The van der Waals surface area contributed by atoms with Gasteiger partial charge in [-0.1, -0.05) is 20.8 Å². The predicted molar refractivity (Wildman–Crippen MR) is 67.2 cm³/mol. The largest absolute Gasteiger partial charge is 0.493 e. The van der Waals surface area contributed by atoms with Crippen molar-refractivity contribution in [1.29, 1.82) is 0 Å². The average molecular weight is 237 g/mol. The molecule has 0 unspecified atom stereocenters. The molecule has 4 nitrogen and oxygen atoms in total. The van der Waals surface area contributed by atoms with Crippen molar-refractivity contribution in [2.75, 3.05) is 6.61 Å². The van der Waals surface area contributed by atoms with E-state index in [1.807, 2.05) is 0 Å². The summed E-state index contributed by atoms with van der Waals surface area (Å²) in [6.45, 7) is 7.16. The van der Waals surface area contributed by atoms with Gasteiger partial charge in [-0.3, -0.25) is 10.1 Å². The molecule has 1 atom stereocenters. The predicted octanol–water partition coefficient (Wildman–Crippen LogP) is 3.66. The highest BCUT2D eigenvalue weighted by atomic mass is 16.6. The molecule has 0 N–H and O–H groups in total. The highest BCUT2D eigenvalue weighted by Crippen LogP contribution is 2.19. The van der Waals surface area contributed by atoms with Crippen molar-refractivity contribution in [3.63, 3.8) is 0 Å². The third kappa shape index (κ3) is 4.85. The minimum absolute atomic E-state index is 0.0904. The van der Waals surface area contributed by atoms with Crippen molar-refractivity contribution in [3.05, 3.63) is 34.4 Å². The molecule has 0 radical (unpaired) electrons. The average Bonchev–Trinajstić information content (AvgIpc) is 2.26. The molecule has 0 bridgehead atoms. The Labute approximate surface area is 102 Å². The van der Waals surface area contributed by atoms with Crippen LogP contribution in [0, 0.1) is 22.0 Å². The molecule has 1 aromatic carbocycles. The lowest BCUT2D eigenvalue weighted by Gasteiger charge is -2.14. The maximum absolute atomic E-state index is 10.5. The molecule has 1 rings (SSSR count). The topological polar surface area (TPSA) is 52.4 Å². The molecule has 0 amide bonds. The van der Waals surface area contributed by atoms with E-state index in [0.717, 1.165) is 6.42 Å². The first-order valence-corrected chi connectivity index (χ1v) is 5.86. The van der Waals surface area contributed by atoms with Crippen molar-refractivity contribution in [3.8, 4) is 5.75 Å². The van der Waals surface area contributed by atoms with E-state index in [0.29, 0.717) is 24.2 Å². The SMILES string of the molecule is CC(C)C[C@@H](C)COc1ccc([N+](=O)[O-])cc1. The van der Waals surface area contributed by atoms with E-state index in [-0.39, 0.29) is 5.69 Å². The second kappa shape index (κ2) is 6.23. The van der Waals surface area contributed by atoms with Crippen LogP contribution in [0.4, 0.5) is 5.69 Å². The van der Waals surface area contributed by atoms with E-state index in [1.54, 1.807) is 12.1 Å². The number of benzene rings is 1. The molecule has 4 heteroatoms. The Balaban J connectivity index is 2.44. The lowest BCUT2D eigenvalue weighted by atomic mass is 10.00. The summed E-state index contributed by atoms with van der Waals surface area (Å²) >= 11 is 0. The Kier molecular flexibility index (Phi) is 4.94. The van der Waals surface area contributed by atoms with Crippen molar-refractivity contribution in [1.82, 2.24) is 0 Å². The monoisotopic (exact) mass is 237 g/mol. The number of hydrogen-bond donors (Lipinski definition) is 0. The highest BCUT2D eigenvalue weighted by molar-refractivity contribution is 5.35. The third-order valence-electron chi connectivity index (χ3n) is 2.46. The van der Waals surface area contributed by atoms with Crippen LogP contribution in [0.3, 0.4) is 0 Å². The van der Waals surface area contributed by atoms with Crippen LogP contribution in [-0.4, -0.2) is 11.5 Å². The molecule has 94 valence electrons. The third-order valence-corrected chi connectivity index (χ3v) is 2.46. The van der Waals surface area contributed by atoms with Gasteiger partial charge in [-0.05, 0) is 30.4 Å². The number of rotatable bonds is 6. The Morgan fingerprint density at radius 2 is 1.82 bits per heavy atom. The summed E-state index contributed by atoms with van der Waals surface area (Å²) in [5.74, 6) is 1.84. The maximum Gasteiger partial charge on any atom is 0.269 e. The van der Waals surface area contributed by atoms with Crippen LogP contribution in [0.5, 0.6) is 5.75 Å². The first-order chi connectivity index (χ1) is 7.99. The summed E-state index contributed by atoms with van der Waals surface area (Å²) in [6, 6.07) is 6.20. The summed E-state index contributed by atoms with van der Waals surface area (Å²) in [4.78, 5) is 10.1. The van der Waals surface area contributed by atoms with Crippen LogP contribution in [-0.2, 0) is 0 Å². The molecule has 0 fully saturated rings. The van der Waals surface area contributed by atoms with Gasteiger partial charge >= 0.3 is 0 Å². The van der Waals surface area contributed by atoms with E-state index < -0.39 is 4.92 Å². The molecular weight excluding hydrogens is 218 g/mol. The standard InChI is InChI=1S/C13H19NO3/c1-10(2)8-11(3)9-17-13-6-4-12(5-7-13)14(15)16/h4-7,10-11H,8-9H2,1-3H3/t11-/m1/s1. The van der Waals surface area contributed by atoms with Crippen molar-refractivity contribution in [2.24, 2.45) is 11.8 Å². The first kappa shape index (κ1) is 13.5. The summed E-state index contributed by atoms with van der Waals surface area (Å²) in [5, 5.41) is 10.5. The fourth-order valence-corrected chi connectivity index (χ4v) is 1.78. The molecule has 0 aliphatic carbocycles. The fraction of sp³-hybridized carbons (Fsp3) is 0.538. The molecule has 0 aliphatic rings. The minimum Gasteiger partial charge on any atom is -0.493 e. The summed E-state index contributed by atoms with van der Waals surface area (Å²) in [7, 11) is 0. The first-order valence-electron chi connectivity index (χ1n) is 5.86. The molecule has 0 saturated heterocycles. The fourth-order valence-electron chi connectivity index (χ4n) is 1.78. The van der Waals surface area contributed by atoms with Crippen LogP contribution in [0.25, 0.3) is 0 Å². The van der Waals surface area contributed by atoms with E-state index >= 15 is 0 Å². The normalized spacial score (nSPS) is 12.5. The summed E-state index contributed by atoms with van der Waals surface area (Å²) in [6.07, 6.45) is 1.12. The van der Waals surface area contributed by atoms with Crippen LogP contribution < -0.4 is 4.74 Å². The van der Waals surface area contributed by atoms with Crippen LogP contribution in [0.15, 0.2) is 24.3 Å². The summed E-state index contributed by atoms with van der Waals surface area (Å²) < 4.78 is 5.58. The molecular formula is C13H19NO3. The molecule has 0 heterocycles. The lowest BCUT2D eigenvalue weighted by molar-refractivity contribution is -0.384. The van der Waals surface area contributed by atoms with Gasteiger partial charge in [0.15, 0.2) is 0 Å². The van der Waals surface area contributed by atoms with Gasteiger partial charge in [-0.25, -0.2) is 0 Å². The van der Waals surface area contributed by atoms with Gasteiger partial charge in [0.25, 0.3) is 5.69 Å². The molecule has 0 aliphatic heterocycles.